The van der Waals surface area contributed by atoms with E-state index in [1.165, 1.54) is 15.0 Å². The maximum atomic E-state index is 12.7. The van der Waals surface area contributed by atoms with Gasteiger partial charge in [0.2, 0.25) is 0 Å². The third kappa shape index (κ3) is 3.94. The number of aryl methyl sites for hydroxylation is 2. The van der Waals surface area contributed by atoms with Crippen LogP contribution in [-0.2, 0) is 20.1 Å². The van der Waals surface area contributed by atoms with Crippen LogP contribution < -0.4 is 16.1 Å². The van der Waals surface area contributed by atoms with Gasteiger partial charge in [0.15, 0.2) is 17.0 Å². The number of nitrogens with zero attached hydrogens (tertiary/aromatic N) is 3. The summed E-state index contributed by atoms with van der Waals surface area (Å²) in [5, 5.41) is 0. The van der Waals surface area contributed by atoms with Crippen molar-refractivity contribution in [3.05, 3.63) is 62.1 Å². The monoisotopic (exact) mass is 384 g/mol. The van der Waals surface area contributed by atoms with Crippen molar-refractivity contribution < 1.29 is 4.90 Å². The van der Waals surface area contributed by atoms with E-state index in [4.69, 9.17) is 4.98 Å². The Hall–Kier alpha value is -2.67. The second-order valence-electron chi connectivity index (χ2n) is 7.46. The molecular weight excluding hydrogens is 354 g/mol. The van der Waals surface area contributed by atoms with Crippen LogP contribution in [0, 0.1) is 6.92 Å². The van der Waals surface area contributed by atoms with Crippen LogP contribution in [0.2, 0.25) is 0 Å². The van der Waals surface area contributed by atoms with E-state index in [2.05, 4.69) is 37.9 Å². The molecule has 3 rings (SSSR count). The Kier molecular flexibility index (Phi) is 6.14. The van der Waals surface area contributed by atoms with Crippen molar-refractivity contribution in [1.29, 1.82) is 0 Å². The molecule has 0 aliphatic rings. The lowest BCUT2D eigenvalue weighted by molar-refractivity contribution is -0.914. The van der Waals surface area contributed by atoms with Crippen LogP contribution in [0.25, 0.3) is 11.2 Å². The number of imidazole rings is 1. The molecule has 7 nitrogen and oxygen atoms in total. The summed E-state index contributed by atoms with van der Waals surface area (Å²) in [6.45, 7) is 9.83. The van der Waals surface area contributed by atoms with Gasteiger partial charge in [-0.05, 0) is 30.9 Å². The molecule has 7 heteroatoms. The molecule has 2 N–H and O–H groups in total. The van der Waals surface area contributed by atoms with Crippen LogP contribution in [0.4, 0.5) is 0 Å². The van der Waals surface area contributed by atoms with Gasteiger partial charge in [-0.15, -0.1) is 0 Å². The van der Waals surface area contributed by atoms with E-state index >= 15 is 0 Å². The Bertz CT molecular complexity index is 1070. The molecule has 0 radical (unpaired) electrons. The SMILES string of the molecule is CCC[NH+](CCC)Cc1nc2c(c(=O)[nH]c(=O)n2C)n1Cc1ccccc1C. The number of nitrogens with one attached hydrogen (secondary N) is 2. The van der Waals surface area contributed by atoms with E-state index in [1.54, 1.807) is 7.05 Å². The molecule has 0 aliphatic heterocycles. The minimum Gasteiger partial charge on any atom is -0.329 e. The van der Waals surface area contributed by atoms with Crippen molar-refractivity contribution >= 4 is 11.2 Å². The Morgan fingerprint density at radius 2 is 1.79 bits per heavy atom. The topological polar surface area (TPSA) is 77.1 Å². The molecule has 2 heterocycles. The number of rotatable bonds is 8. The first-order valence-electron chi connectivity index (χ1n) is 10.0. The summed E-state index contributed by atoms with van der Waals surface area (Å²) < 4.78 is 3.41. The predicted molar refractivity (Wildman–Crippen MR) is 111 cm³/mol. The largest absolute Gasteiger partial charge is 0.329 e. The predicted octanol–water partition coefficient (Wildman–Crippen LogP) is 0.985. The summed E-state index contributed by atoms with van der Waals surface area (Å²) in [5.41, 5.74) is 2.41. The molecule has 0 fully saturated rings. The van der Waals surface area contributed by atoms with Gasteiger partial charge >= 0.3 is 5.69 Å². The number of fused-ring (bicyclic) bond motifs is 1. The Morgan fingerprint density at radius 1 is 1.11 bits per heavy atom. The minimum absolute atomic E-state index is 0.377. The number of hydrogen-bond acceptors (Lipinski definition) is 3. The lowest BCUT2D eigenvalue weighted by Crippen LogP contribution is -3.10. The van der Waals surface area contributed by atoms with Crippen molar-refractivity contribution in [2.24, 2.45) is 7.05 Å². The van der Waals surface area contributed by atoms with Crippen molar-refractivity contribution in [3.63, 3.8) is 0 Å². The van der Waals surface area contributed by atoms with E-state index in [9.17, 15) is 9.59 Å². The van der Waals surface area contributed by atoms with Gasteiger partial charge in [0.25, 0.3) is 5.56 Å². The molecule has 28 heavy (non-hydrogen) atoms. The second kappa shape index (κ2) is 8.56. The molecule has 0 amide bonds. The van der Waals surface area contributed by atoms with Crippen LogP contribution in [0.5, 0.6) is 0 Å². The van der Waals surface area contributed by atoms with Gasteiger partial charge in [0.05, 0.1) is 19.6 Å². The molecule has 0 unspecified atom stereocenters. The number of H-pyrrole nitrogens is 1. The second-order valence-corrected chi connectivity index (χ2v) is 7.46. The van der Waals surface area contributed by atoms with Gasteiger partial charge in [-0.2, -0.15) is 0 Å². The highest BCUT2D eigenvalue weighted by molar-refractivity contribution is 5.71. The van der Waals surface area contributed by atoms with Crippen molar-refractivity contribution in [2.45, 2.75) is 46.7 Å². The average molecular weight is 385 g/mol. The quantitative estimate of drug-likeness (QED) is 0.608. The lowest BCUT2D eigenvalue weighted by Gasteiger charge is -2.19. The van der Waals surface area contributed by atoms with E-state index in [0.717, 1.165) is 43.9 Å². The molecular formula is C21H30N5O2+. The summed E-state index contributed by atoms with van der Waals surface area (Å²) in [4.78, 5) is 33.3. The molecule has 2 aromatic heterocycles. The van der Waals surface area contributed by atoms with E-state index in [0.29, 0.717) is 17.7 Å². The smallest absolute Gasteiger partial charge is 0.329 e. The first-order valence-corrected chi connectivity index (χ1v) is 10.0. The highest BCUT2D eigenvalue weighted by Crippen LogP contribution is 2.15. The summed E-state index contributed by atoms with van der Waals surface area (Å²) in [6, 6.07) is 8.16. The highest BCUT2D eigenvalue weighted by Gasteiger charge is 2.21. The van der Waals surface area contributed by atoms with Crippen LogP contribution >= 0.6 is 0 Å². The third-order valence-electron chi connectivity index (χ3n) is 5.29. The van der Waals surface area contributed by atoms with Gasteiger partial charge in [-0.3, -0.25) is 14.3 Å². The molecule has 0 bridgehead atoms. The van der Waals surface area contributed by atoms with E-state index in [-0.39, 0.29) is 5.56 Å². The molecule has 3 aromatic rings. The van der Waals surface area contributed by atoms with Crippen molar-refractivity contribution in [3.8, 4) is 0 Å². The Balaban J connectivity index is 2.17. The molecule has 1 aromatic carbocycles. The average Bonchev–Trinajstić information content (AvgIpc) is 3.01. The van der Waals surface area contributed by atoms with Crippen molar-refractivity contribution in [1.82, 2.24) is 19.1 Å². The zero-order chi connectivity index (χ0) is 20.3. The summed E-state index contributed by atoms with van der Waals surface area (Å²) in [7, 11) is 1.65. The maximum absolute atomic E-state index is 12.7. The Morgan fingerprint density at radius 3 is 2.43 bits per heavy atom. The van der Waals surface area contributed by atoms with Gasteiger partial charge < -0.3 is 9.47 Å². The summed E-state index contributed by atoms with van der Waals surface area (Å²) in [5.74, 6) is 0.849. The summed E-state index contributed by atoms with van der Waals surface area (Å²) in [6.07, 6.45) is 2.18. The molecule has 0 atom stereocenters. The fraction of sp³-hybridized carbons (Fsp3) is 0.476. The normalized spacial score (nSPS) is 11.6. The zero-order valence-corrected chi connectivity index (χ0v) is 17.2. The number of benzene rings is 1. The first kappa shape index (κ1) is 20.1. The fourth-order valence-corrected chi connectivity index (χ4v) is 3.78. The van der Waals surface area contributed by atoms with Crippen LogP contribution in [-0.4, -0.2) is 32.2 Å². The van der Waals surface area contributed by atoms with E-state index in [1.807, 2.05) is 16.7 Å². The van der Waals surface area contributed by atoms with Crippen LogP contribution in [0.3, 0.4) is 0 Å². The standard InChI is InChI=1S/C21H29N5O2/c1-5-11-25(12-6-2)14-17-22-19-18(20(27)23-21(28)24(19)4)26(17)13-16-10-8-7-9-15(16)3/h7-10H,5-6,11-14H2,1-4H3,(H,23,27,28)/p+1. The molecule has 0 spiro atoms. The number of aromatic amines is 1. The number of hydrogen-bond donors (Lipinski definition) is 2. The summed E-state index contributed by atoms with van der Waals surface area (Å²) >= 11 is 0. The molecule has 0 saturated heterocycles. The molecule has 0 aliphatic carbocycles. The first-order chi connectivity index (χ1) is 13.5. The van der Waals surface area contributed by atoms with Gasteiger partial charge in [-0.25, -0.2) is 9.78 Å². The van der Waals surface area contributed by atoms with Gasteiger partial charge in [0, 0.05) is 7.05 Å². The van der Waals surface area contributed by atoms with Crippen LogP contribution in [0.1, 0.15) is 43.6 Å². The van der Waals surface area contributed by atoms with Gasteiger partial charge in [-0.1, -0.05) is 38.1 Å². The Labute approximate surface area is 164 Å². The number of quaternary nitrogens is 1. The highest BCUT2D eigenvalue weighted by atomic mass is 16.2. The zero-order valence-electron chi connectivity index (χ0n) is 17.2. The lowest BCUT2D eigenvalue weighted by atomic mass is 10.1. The molecule has 150 valence electrons. The third-order valence-corrected chi connectivity index (χ3v) is 5.29. The van der Waals surface area contributed by atoms with Crippen molar-refractivity contribution in [2.75, 3.05) is 13.1 Å². The fourth-order valence-electron chi connectivity index (χ4n) is 3.78. The maximum Gasteiger partial charge on any atom is 0.329 e. The van der Waals surface area contributed by atoms with Crippen LogP contribution in [0.15, 0.2) is 33.9 Å². The number of aromatic nitrogens is 4. The van der Waals surface area contributed by atoms with E-state index < -0.39 is 5.69 Å². The minimum atomic E-state index is -0.434. The van der Waals surface area contributed by atoms with Gasteiger partial charge in [0.1, 0.15) is 6.54 Å². The molecule has 0 saturated carbocycles.